The number of hydrogen-bond donors (Lipinski definition) is 2. The van der Waals surface area contributed by atoms with E-state index in [2.05, 4.69) is 10.6 Å². The van der Waals surface area contributed by atoms with Gasteiger partial charge < -0.3 is 15.5 Å². The molecule has 2 N–H and O–H groups in total. The highest BCUT2D eigenvalue weighted by Gasteiger charge is 2.25. The minimum absolute atomic E-state index is 0.0285. The number of carbonyl (C=O) groups is 1. The van der Waals surface area contributed by atoms with Crippen molar-refractivity contribution in [2.45, 2.75) is 45.2 Å². The Labute approximate surface area is 146 Å². The maximum absolute atomic E-state index is 12.1. The van der Waals surface area contributed by atoms with Crippen LogP contribution < -0.4 is 10.6 Å². The summed E-state index contributed by atoms with van der Waals surface area (Å²) >= 11 is 6.10. The van der Waals surface area contributed by atoms with Gasteiger partial charge in [0.1, 0.15) is 0 Å². The van der Waals surface area contributed by atoms with Crippen LogP contribution in [0.15, 0.2) is 18.2 Å². The van der Waals surface area contributed by atoms with Crippen molar-refractivity contribution in [1.29, 1.82) is 0 Å². The van der Waals surface area contributed by atoms with Gasteiger partial charge >= 0.3 is 6.03 Å². The molecule has 0 saturated carbocycles. The van der Waals surface area contributed by atoms with Gasteiger partial charge in [-0.25, -0.2) is 4.79 Å². The van der Waals surface area contributed by atoms with Crippen LogP contribution >= 0.6 is 11.6 Å². The molecule has 132 valence electrons. The van der Waals surface area contributed by atoms with Crippen LogP contribution in [0.1, 0.15) is 33.6 Å². The summed E-state index contributed by atoms with van der Waals surface area (Å²) in [5.74, 6) is 0. The third-order valence-corrected chi connectivity index (χ3v) is 4.10. The van der Waals surface area contributed by atoms with Crippen LogP contribution in [0, 0.1) is 10.1 Å². The predicted octanol–water partition coefficient (Wildman–Crippen LogP) is 3.63. The van der Waals surface area contributed by atoms with E-state index in [1.54, 1.807) is 11.0 Å². The number of carbonyl (C=O) groups excluding carboxylic acids is 1. The molecule has 1 aromatic rings. The van der Waals surface area contributed by atoms with Crippen LogP contribution in [0.5, 0.6) is 0 Å². The van der Waals surface area contributed by atoms with Gasteiger partial charge in [0.2, 0.25) is 0 Å². The number of nitro groups is 1. The summed E-state index contributed by atoms with van der Waals surface area (Å²) in [5, 5.41) is 17.3. The smallest absolute Gasteiger partial charge is 0.317 e. The van der Waals surface area contributed by atoms with Crippen LogP contribution in [0.25, 0.3) is 0 Å². The zero-order valence-corrected chi connectivity index (χ0v) is 14.9. The molecule has 1 saturated heterocycles. The number of amides is 2. The van der Waals surface area contributed by atoms with E-state index in [1.807, 2.05) is 20.8 Å². The van der Waals surface area contributed by atoms with Crippen LogP contribution in [-0.4, -0.2) is 40.5 Å². The molecule has 1 heterocycles. The van der Waals surface area contributed by atoms with Crippen molar-refractivity contribution in [1.82, 2.24) is 10.2 Å². The summed E-state index contributed by atoms with van der Waals surface area (Å²) in [6.45, 7) is 7.18. The maximum Gasteiger partial charge on any atom is 0.317 e. The summed E-state index contributed by atoms with van der Waals surface area (Å²) in [7, 11) is 0. The van der Waals surface area contributed by atoms with Crippen LogP contribution in [0.2, 0.25) is 5.02 Å². The molecule has 24 heavy (non-hydrogen) atoms. The molecule has 0 radical (unpaired) electrons. The van der Waals surface area contributed by atoms with Crippen molar-refractivity contribution in [3.05, 3.63) is 33.3 Å². The van der Waals surface area contributed by atoms with E-state index in [0.717, 1.165) is 12.8 Å². The van der Waals surface area contributed by atoms with Crippen molar-refractivity contribution in [3.63, 3.8) is 0 Å². The molecular formula is C16H23ClN4O3. The second-order valence-electron chi connectivity index (χ2n) is 7.01. The van der Waals surface area contributed by atoms with Crippen molar-refractivity contribution in [2.75, 3.05) is 18.4 Å². The van der Waals surface area contributed by atoms with E-state index in [1.165, 1.54) is 12.1 Å². The van der Waals surface area contributed by atoms with E-state index in [9.17, 15) is 14.9 Å². The number of halogens is 1. The molecule has 0 unspecified atom stereocenters. The highest BCUT2D eigenvalue weighted by molar-refractivity contribution is 6.33. The fraction of sp³-hybridized carbons (Fsp3) is 0.562. The van der Waals surface area contributed by atoms with E-state index in [-0.39, 0.29) is 23.3 Å². The fourth-order valence-corrected chi connectivity index (χ4v) is 2.81. The number of urea groups is 1. The Morgan fingerprint density at radius 3 is 2.46 bits per heavy atom. The van der Waals surface area contributed by atoms with E-state index >= 15 is 0 Å². The van der Waals surface area contributed by atoms with E-state index in [4.69, 9.17) is 11.6 Å². The summed E-state index contributed by atoms with van der Waals surface area (Å²) < 4.78 is 0. The molecule has 0 atom stereocenters. The third kappa shape index (κ3) is 4.99. The van der Waals surface area contributed by atoms with Crippen molar-refractivity contribution in [3.8, 4) is 0 Å². The zero-order chi connectivity index (χ0) is 17.9. The molecule has 2 amide bonds. The Balaban J connectivity index is 1.89. The Kier molecular flexibility index (Phi) is 5.54. The van der Waals surface area contributed by atoms with Crippen molar-refractivity contribution < 1.29 is 9.72 Å². The number of rotatable bonds is 3. The zero-order valence-electron chi connectivity index (χ0n) is 14.1. The minimum Gasteiger partial charge on any atom is -0.381 e. The van der Waals surface area contributed by atoms with Crippen LogP contribution in [0.3, 0.4) is 0 Å². The van der Waals surface area contributed by atoms with Crippen LogP contribution in [-0.2, 0) is 0 Å². The molecule has 1 aliphatic heterocycles. The quantitative estimate of drug-likeness (QED) is 0.640. The first-order valence-corrected chi connectivity index (χ1v) is 8.31. The second kappa shape index (κ2) is 7.25. The molecule has 1 aromatic carbocycles. The summed E-state index contributed by atoms with van der Waals surface area (Å²) in [6.07, 6.45) is 1.59. The fourth-order valence-electron chi connectivity index (χ4n) is 2.58. The molecule has 1 aliphatic rings. The van der Waals surface area contributed by atoms with Crippen molar-refractivity contribution in [2.24, 2.45) is 0 Å². The molecule has 2 rings (SSSR count). The lowest BCUT2D eigenvalue weighted by atomic mass is 10.0. The number of anilines is 1. The van der Waals surface area contributed by atoms with Gasteiger partial charge in [0.25, 0.3) is 5.69 Å². The lowest BCUT2D eigenvalue weighted by Crippen LogP contribution is -2.51. The number of non-ortho nitro benzene ring substituents is 1. The number of nitrogens with zero attached hydrogens (tertiary/aromatic N) is 2. The number of hydrogen-bond acceptors (Lipinski definition) is 4. The molecule has 1 fully saturated rings. The first-order chi connectivity index (χ1) is 11.2. The largest absolute Gasteiger partial charge is 0.381 e. The molecule has 0 aliphatic carbocycles. The summed E-state index contributed by atoms with van der Waals surface area (Å²) in [5.41, 5.74) is 0.400. The predicted molar refractivity (Wildman–Crippen MR) is 94.6 cm³/mol. The lowest BCUT2D eigenvalue weighted by molar-refractivity contribution is -0.384. The van der Waals surface area contributed by atoms with Gasteiger partial charge in [-0.2, -0.15) is 0 Å². The number of likely N-dealkylation sites (tertiary alicyclic amines) is 1. The first kappa shape index (κ1) is 18.3. The third-order valence-electron chi connectivity index (χ3n) is 3.79. The first-order valence-electron chi connectivity index (χ1n) is 7.93. The molecule has 8 heteroatoms. The average Bonchev–Trinajstić information content (AvgIpc) is 2.48. The molecule has 0 spiro atoms. The lowest BCUT2D eigenvalue weighted by Gasteiger charge is -2.35. The van der Waals surface area contributed by atoms with Crippen molar-refractivity contribution >= 4 is 29.0 Å². The van der Waals surface area contributed by atoms with Gasteiger partial charge in [0.15, 0.2) is 0 Å². The Morgan fingerprint density at radius 1 is 1.33 bits per heavy atom. The highest BCUT2D eigenvalue weighted by atomic mass is 35.5. The standard InChI is InChI=1S/C16H23ClN4O3/c1-16(2,3)19-15(22)20-8-6-11(7-9-20)18-14-5-4-12(21(23)24)10-13(14)17/h4-5,10-11,18H,6-9H2,1-3H3,(H,19,22). The maximum atomic E-state index is 12.1. The summed E-state index contributed by atoms with van der Waals surface area (Å²) in [6, 6.07) is 4.53. The second-order valence-corrected chi connectivity index (χ2v) is 7.41. The molecule has 7 nitrogen and oxygen atoms in total. The van der Waals surface area contributed by atoms with Gasteiger partial charge in [-0.15, -0.1) is 0 Å². The summed E-state index contributed by atoms with van der Waals surface area (Å²) in [4.78, 5) is 24.2. The van der Waals surface area contributed by atoms with Gasteiger partial charge in [0, 0.05) is 36.8 Å². The normalized spacial score (nSPS) is 15.9. The monoisotopic (exact) mass is 354 g/mol. The van der Waals surface area contributed by atoms with Gasteiger partial charge in [-0.1, -0.05) is 11.6 Å². The SMILES string of the molecule is CC(C)(C)NC(=O)N1CCC(Nc2ccc([N+](=O)[O-])cc2Cl)CC1. The van der Waals surface area contributed by atoms with E-state index < -0.39 is 4.92 Å². The average molecular weight is 355 g/mol. The molecular weight excluding hydrogens is 332 g/mol. The van der Waals surface area contributed by atoms with Gasteiger partial charge in [-0.05, 0) is 39.7 Å². The number of benzene rings is 1. The van der Waals surface area contributed by atoms with Gasteiger partial charge in [-0.3, -0.25) is 10.1 Å². The van der Waals surface area contributed by atoms with E-state index in [0.29, 0.717) is 23.8 Å². The number of nitro benzene ring substituents is 1. The number of nitrogens with one attached hydrogen (secondary N) is 2. The Morgan fingerprint density at radius 2 is 1.96 bits per heavy atom. The molecule has 0 aromatic heterocycles. The Hall–Kier alpha value is -2.02. The molecule has 0 bridgehead atoms. The van der Waals surface area contributed by atoms with Gasteiger partial charge in [0.05, 0.1) is 15.6 Å². The topological polar surface area (TPSA) is 87.5 Å². The Bertz CT molecular complexity index is 622. The number of piperidine rings is 1. The minimum atomic E-state index is -0.470. The highest BCUT2D eigenvalue weighted by Crippen LogP contribution is 2.28. The van der Waals surface area contributed by atoms with Crippen LogP contribution in [0.4, 0.5) is 16.2 Å².